The van der Waals surface area contributed by atoms with E-state index in [1.54, 1.807) is 25.1 Å². The molecule has 0 spiro atoms. The average molecular weight is 339 g/mol. The summed E-state index contributed by atoms with van der Waals surface area (Å²) >= 11 is 0. The van der Waals surface area contributed by atoms with E-state index in [-0.39, 0.29) is 24.6 Å². The van der Waals surface area contributed by atoms with Crippen LogP contribution in [0.25, 0.3) is 0 Å². The van der Waals surface area contributed by atoms with Gasteiger partial charge in [0, 0.05) is 6.42 Å². The van der Waals surface area contributed by atoms with E-state index in [4.69, 9.17) is 0 Å². The van der Waals surface area contributed by atoms with Crippen molar-refractivity contribution >= 4 is 5.91 Å². The van der Waals surface area contributed by atoms with Gasteiger partial charge in [-0.25, -0.2) is 4.39 Å². The molecule has 2 aromatic rings. The third kappa shape index (κ3) is 4.81. The van der Waals surface area contributed by atoms with Crippen LogP contribution in [0.5, 0.6) is 0 Å². The van der Waals surface area contributed by atoms with Gasteiger partial charge in [-0.3, -0.25) is 4.79 Å². The smallest absolute Gasteiger partial charge is 0.350 e. The average Bonchev–Trinajstić information content (AvgIpc) is 2.53. The van der Waals surface area contributed by atoms with Crippen LogP contribution in [0.1, 0.15) is 36.1 Å². The number of benzene rings is 2. The number of hydrogen-bond donors (Lipinski definition) is 1. The van der Waals surface area contributed by atoms with Crippen LogP contribution >= 0.6 is 0 Å². The van der Waals surface area contributed by atoms with Gasteiger partial charge < -0.3 is 5.32 Å². The monoisotopic (exact) mass is 339 g/mol. The molecular weight excluding hydrogens is 322 g/mol. The van der Waals surface area contributed by atoms with Gasteiger partial charge in [-0.1, -0.05) is 30.3 Å². The quantitative estimate of drug-likeness (QED) is 0.789. The number of nitrogens with one attached hydrogen (secondary N) is 1. The van der Waals surface area contributed by atoms with Gasteiger partial charge in [0.05, 0.1) is 11.6 Å². The van der Waals surface area contributed by atoms with Crippen molar-refractivity contribution in [1.82, 2.24) is 5.32 Å². The predicted octanol–water partition coefficient (Wildman–Crippen LogP) is 4.65. The van der Waals surface area contributed by atoms with Gasteiger partial charge in [0.25, 0.3) is 0 Å². The molecule has 0 aliphatic carbocycles. The zero-order valence-electron chi connectivity index (χ0n) is 13.0. The van der Waals surface area contributed by atoms with Crippen LogP contribution in [0.2, 0.25) is 0 Å². The SMILES string of the molecule is CC(NC(=O)CCc1ccccc1F)c1ccc(C(F)(F)F)cc1. The molecule has 1 atom stereocenters. The molecule has 2 nitrogen and oxygen atoms in total. The highest BCUT2D eigenvalue weighted by Gasteiger charge is 2.30. The molecule has 0 fully saturated rings. The minimum Gasteiger partial charge on any atom is -0.350 e. The van der Waals surface area contributed by atoms with Crippen molar-refractivity contribution < 1.29 is 22.4 Å². The number of carbonyl (C=O) groups excluding carboxylic acids is 1. The molecule has 0 bridgehead atoms. The molecule has 2 aromatic carbocycles. The van der Waals surface area contributed by atoms with Gasteiger partial charge in [0.15, 0.2) is 0 Å². The molecule has 128 valence electrons. The van der Waals surface area contributed by atoms with Crippen molar-refractivity contribution in [2.75, 3.05) is 0 Å². The highest BCUT2D eigenvalue weighted by Crippen LogP contribution is 2.29. The summed E-state index contributed by atoms with van der Waals surface area (Å²) in [5.74, 6) is -0.647. The molecule has 2 rings (SSSR count). The highest BCUT2D eigenvalue weighted by atomic mass is 19.4. The van der Waals surface area contributed by atoms with Crippen LogP contribution in [-0.4, -0.2) is 5.91 Å². The second kappa shape index (κ2) is 7.47. The van der Waals surface area contributed by atoms with Crippen molar-refractivity contribution in [2.24, 2.45) is 0 Å². The topological polar surface area (TPSA) is 29.1 Å². The molecule has 0 saturated heterocycles. The van der Waals surface area contributed by atoms with Crippen molar-refractivity contribution in [3.05, 3.63) is 71.0 Å². The summed E-state index contributed by atoms with van der Waals surface area (Å²) in [5.41, 5.74) is 0.293. The summed E-state index contributed by atoms with van der Waals surface area (Å²) in [5, 5.41) is 2.70. The van der Waals surface area contributed by atoms with Crippen LogP contribution in [0.15, 0.2) is 48.5 Å². The van der Waals surface area contributed by atoms with Gasteiger partial charge in [-0.05, 0) is 42.7 Å². The fraction of sp³-hybridized carbons (Fsp3) is 0.278. The maximum atomic E-state index is 13.5. The summed E-state index contributed by atoms with van der Waals surface area (Å²) in [6.07, 6.45) is -4.02. The molecule has 0 aliphatic rings. The largest absolute Gasteiger partial charge is 0.416 e. The van der Waals surface area contributed by atoms with Crippen molar-refractivity contribution in [2.45, 2.75) is 32.0 Å². The van der Waals surface area contributed by atoms with Crippen molar-refractivity contribution in [3.63, 3.8) is 0 Å². The Bertz CT molecular complexity index is 695. The number of aryl methyl sites for hydroxylation is 1. The number of rotatable bonds is 5. The Hall–Kier alpha value is -2.37. The predicted molar refractivity (Wildman–Crippen MR) is 82.7 cm³/mol. The lowest BCUT2D eigenvalue weighted by molar-refractivity contribution is -0.137. The van der Waals surface area contributed by atoms with Gasteiger partial charge >= 0.3 is 6.18 Å². The first-order chi connectivity index (χ1) is 11.3. The minimum absolute atomic E-state index is 0.103. The van der Waals surface area contributed by atoms with Crippen molar-refractivity contribution in [3.8, 4) is 0 Å². The molecule has 0 aliphatic heterocycles. The van der Waals surface area contributed by atoms with Gasteiger partial charge in [-0.15, -0.1) is 0 Å². The Morgan fingerprint density at radius 1 is 1.08 bits per heavy atom. The van der Waals surface area contributed by atoms with E-state index >= 15 is 0 Å². The fourth-order valence-corrected chi connectivity index (χ4v) is 2.31. The maximum Gasteiger partial charge on any atom is 0.416 e. The molecule has 0 aromatic heterocycles. The standard InChI is InChI=1S/C18H17F4NO/c1-12(13-6-9-15(10-7-13)18(20,21)22)23-17(24)11-8-14-4-2-3-5-16(14)19/h2-7,9-10,12H,8,11H2,1H3,(H,23,24). The second-order valence-corrected chi connectivity index (χ2v) is 5.50. The van der Waals surface area contributed by atoms with Crippen LogP contribution in [-0.2, 0) is 17.4 Å². The van der Waals surface area contributed by atoms with E-state index in [9.17, 15) is 22.4 Å². The lowest BCUT2D eigenvalue weighted by atomic mass is 10.0. The van der Waals surface area contributed by atoms with E-state index < -0.39 is 17.8 Å². The Morgan fingerprint density at radius 2 is 1.71 bits per heavy atom. The second-order valence-electron chi connectivity index (χ2n) is 5.50. The summed E-state index contributed by atoms with van der Waals surface area (Å²) in [6.45, 7) is 1.68. The third-order valence-electron chi connectivity index (χ3n) is 3.69. The van der Waals surface area contributed by atoms with Gasteiger partial charge in [-0.2, -0.15) is 13.2 Å². The number of hydrogen-bond acceptors (Lipinski definition) is 1. The molecule has 24 heavy (non-hydrogen) atoms. The molecule has 0 saturated carbocycles. The Morgan fingerprint density at radius 3 is 2.29 bits per heavy atom. The Kier molecular flexibility index (Phi) is 5.59. The zero-order chi connectivity index (χ0) is 17.7. The summed E-state index contributed by atoms with van der Waals surface area (Å²) in [7, 11) is 0. The van der Waals surface area contributed by atoms with E-state index in [0.29, 0.717) is 11.1 Å². The molecule has 1 unspecified atom stereocenters. The maximum absolute atomic E-state index is 13.5. The number of amides is 1. The summed E-state index contributed by atoms with van der Waals surface area (Å²) in [6, 6.07) is 10.4. The molecular formula is C18H17F4NO. The normalized spacial score (nSPS) is 12.7. The van der Waals surface area contributed by atoms with E-state index in [0.717, 1.165) is 12.1 Å². The molecule has 1 N–H and O–H groups in total. The van der Waals surface area contributed by atoms with Gasteiger partial charge in [0.1, 0.15) is 5.82 Å². The zero-order valence-corrected chi connectivity index (χ0v) is 13.0. The van der Waals surface area contributed by atoms with E-state index in [1.165, 1.54) is 18.2 Å². The van der Waals surface area contributed by atoms with Crippen LogP contribution in [0.4, 0.5) is 17.6 Å². The molecule has 6 heteroatoms. The van der Waals surface area contributed by atoms with E-state index in [2.05, 4.69) is 5.32 Å². The lowest BCUT2D eigenvalue weighted by Crippen LogP contribution is -2.27. The minimum atomic E-state index is -4.38. The first-order valence-electron chi connectivity index (χ1n) is 7.47. The summed E-state index contributed by atoms with van der Waals surface area (Å²) < 4.78 is 51.1. The van der Waals surface area contributed by atoms with Gasteiger partial charge in [0.2, 0.25) is 5.91 Å². The Labute approximate surface area is 137 Å². The number of carbonyl (C=O) groups is 1. The first kappa shape index (κ1) is 18.0. The van der Waals surface area contributed by atoms with Crippen LogP contribution < -0.4 is 5.32 Å². The van der Waals surface area contributed by atoms with E-state index in [1.807, 2.05) is 0 Å². The highest BCUT2D eigenvalue weighted by molar-refractivity contribution is 5.76. The van der Waals surface area contributed by atoms with Crippen LogP contribution in [0, 0.1) is 5.82 Å². The molecule has 0 heterocycles. The van der Waals surface area contributed by atoms with Crippen molar-refractivity contribution in [1.29, 1.82) is 0 Å². The lowest BCUT2D eigenvalue weighted by Gasteiger charge is -2.15. The summed E-state index contributed by atoms with van der Waals surface area (Å²) in [4.78, 5) is 11.9. The fourth-order valence-electron chi connectivity index (χ4n) is 2.31. The van der Waals surface area contributed by atoms with Crippen LogP contribution in [0.3, 0.4) is 0 Å². The molecule has 1 amide bonds. The number of halogens is 4. The third-order valence-corrected chi connectivity index (χ3v) is 3.69. The number of alkyl halides is 3. The first-order valence-corrected chi connectivity index (χ1v) is 7.47. The molecule has 0 radical (unpaired) electrons. The Balaban J connectivity index is 1.90.